The van der Waals surface area contributed by atoms with Crippen molar-refractivity contribution < 1.29 is 14.6 Å². The Morgan fingerprint density at radius 3 is 2.59 bits per heavy atom. The lowest BCUT2D eigenvalue weighted by Crippen LogP contribution is -2.09. The first kappa shape index (κ1) is 22.6. The first-order chi connectivity index (χ1) is 15.5. The van der Waals surface area contributed by atoms with Gasteiger partial charge in [0.2, 0.25) is 0 Å². The zero-order chi connectivity index (χ0) is 22.5. The number of benzene rings is 3. The van der Waals surface area contributed by atoms with Gasteiger partial charge >= 0.3 is 5.97 Å². The number of ether oxygens (including phenoxy) is 1. The van der Waals surface area contributed by atoms with E-state index in [0.29, 0.717) is 5.75 Å². The number of carboxylic acid groups (broad SMARTS) is 1. The van der Waals surface area contributed by atoms with Crippen LogP contribution >= 0.6 is 39.0 Å². The summed E-state index contributed by atoms with van der Waals surface area (Å²) in [6.07, 6.45) is 2.28. The number of aliphatic carboxylic acids is 1. The summed E-state index contributed by atoms with van der Waals surface area (Å²) in [6.45, 7) is 1.60. The highest BCUT2D eigenvalue weighted by atomic mass is 79.9. The van der Waals surface area contributed by atoms with E-state index in [9.17, 15) is 4.79 Å². The van der Waals surface area contributed by atoms with Gasteiger partial charge in [0.25, 0.3) is 0 Å². The highest BCUT2D eigenvalue weighted by molar-refractivity contribution is 9.10. The molecule has 1 aromatic heterocycles. The second kappa shape index (κ2) is 10.4. The summed E-state index contributed by atoms with van der Waals surface area (Å²) < 4.78 is 7.67. The van der Waals surface area contributed by atoms with Crippen LogP contribution in [0.15, 0.2) is 88.2 Å². The fraction of sp³-hybridized carbons (Fsp3) is 0.115. The number of rotatable bonds is 8. The third-order valence-electron chi connectivity index (χ3n) is 4.88. The molecule has 0 amide bonds. The number of carbonyl (C=O) groups is 1. The molecule has 0 spiro atoms. The first-order valence-electron chi connectivity index (χ1n) is 10.0. The molecule has 0 unspecified atom stereocenters. The molecule has 0 radical (unpaired) electrons. The maximum atomic E-state index is 10.7. The number of hydrogen-bond donors (Lipinski definition) is 1. The van der Waals surface area contributed by atoms with E-state index >= 15 is 0 Å². The molecule has 6 heteroatoms. The van der Waals surface area contributed by atoms with Crippen molar-refractivity contribution in [3.8, 4) is 5.75 Å². The average molecular weight is 525 g/mol. The monoisotopic (exact) mass is 524 g/mol. The predicted molar refractivity (Wildman–Crippen MR) is 138 cm³/mol. The molecule has 32 heavy (non-hydrogen) atoms. The summed E-state index contributed by atoms with van der Waals surface area (Å²) in [6, 6.07) is 25.0. The molecule has 0 atom stereocenters. The van der Waals surface area contributed by atoms with Crippen molar-refractivity contribution in [1.82, 2.24) is 0 Å². The molecule has 0 fully saturated rings. The Morgan fingerprint density at radius 1 is 1.09 bits per heavy atom. The van der Waals surface area contributed by atoms with Crippen LogP contribution in [0.1, 0.15) is 16.0 Å². The quantitative estimate of drug-likeness (QED) is 0.240. The van der Waals surface area contributed by atoms with Gasteiger partial charge in [-0.25, -0.2) is 4.79 Å². The van der Waals surface area contributed by atoms with Crippen LogP contribution in [-0.4, -0.2) is 23.4 Å². The molecule has 0 bridgehead atoms. The van der Waals surface area contributed by atoms with Crippen molar-refractivity contribution >= 4 is 60.7 Å². The van der Waals surface area contributed by atoms with Crippen molar-refractivity contribution in [2.45, 2.75) is 11.8 Å². The maximum Gasteiger partial charge on any atom is 0.341 e. The molecule has 3 aromatic carbocycles. The van der Waals surface area contributed by atoms with Crippen LogP contribution in [0, 0.1) is 6.92 Å². The molecule has 4 rings (SSSR count). The van der Waals surface area contributed by atoms with Crippen molar-refractivity contribution in [2.75, 3.05) is 12.4 Å². The number of hydrogen-bond acceptors (Lipinski definition) is 4. The predicted octanol–water partition coefficient (Wildman–Crippen LogP) is 7.66. The van der Waals surface area contributed by atoms with Gasteiger partial charge in [-0.1, -0.05) is 52.3 Å². The molecule has 1 heterocycles. The number of halogens is 1. The topological polar surface area (TPSA) is 46.5 Å². The van der Waals surface area contributed by atoms with E-state index < -0.39 is 5.97 Å². The molecular formula is C26H21BrO3S2. The van der Waals surface area contributed by atoms with E-state index in [1.54, 1.807) is 11.8 Å². The summed E-state index contributed by atoms with van der Waals surface area (Å²) in [4.78, 5) is 13.1. The summed E-state index contributed by atoms with van der Waals surface area (Å²) >= 11 is 7.08. The fourth-order valence-electron chi connectivity index (χ4n) is 3.34. The van der Waals surface area contributed by atoms with Gasteiger partial charge < -0.3 is 9.84 Å². The van der Waals surface area contributed by atoms with Crippen molar-refractivity contribution in [3.63, 3.8) is 0 Å². The molecular weight excluding hydrogens is 504 g/mol. The Labute approximate surface area is 203 Å². The summed E-state index contributed by atoms with van der Waals surface area (Å²) in [5.41, 5.74) is 3.34. The molecule has 0 aliphatic rings. The number of aryl methyl sites for hydroxylation is 1. The van der Waals surface area contributed by atoms with E-state index in [4.69, 9.17) is 9.84 Å². The van der Waals surface area contributed by atoms with Crippen LogP contribution in [-0.2, 0) is 4.79 Å². The Bertz CT molecular complexity index is 1240. The Morgan fingerprint density at radius 2 is 1.88 bits per heavy atom. The summed E-state index contributed by atoms with van der Waals surface area (Å²) in [5, 5.41) is 10.1. The van der Waals surface area contributed by atoms with Gasteiger partial charge in [-0.15, -0.1) is 23.1 Å². The van der Waals surface area contributed by atoms with Crippen LogP contribution in [0.2, 0.25) is 0 Å². The van der Waals surface area contributed by atoms with E-state index in [2.05, 4.69) is 76.6 Å². The maximum absolute atomic E-state index is 10.7. The summed E-state index contributed by atoms with van der Waals surface area (Å²) in [7, 11) is 0. The van der Waals surface area contributed by atoms with Gasteiger partial charge in [-0.3, -0.25) is 0 Å². The van der Waals surface area contributed by atoms with Crippen LogP contribution in [0.5, 0.6) is 5.75 Å². The number of carboxylic acids is 1. The highest BCUT2D eigenvalue weighted by Gasteiger charge is 2.10. The van der Waals surface area contributed by atoms with Crippen molar-refractivity contribution in [3.05, 3.63) is 99.3 Å². The smallest absolute Gasteiger partial charge is 0.341 e. The second-order valence-corrected chi connectivity index (χ2v) is 10.3. The van der Waals surface area contributed by atoms with Crippen LogP contribution < -0.4 is 4.74 Å². The number of thioether (sulfide) groups is 1. The zero-order valence-corrected chi connectivity index (χ0v) is 20.6. The van der Waals surface area contributed by atoms with E-state index in [-0.39, 0.29) is 6.61 Å². The van der Waals surface area contributed by atoms with E-state index in [0.717, 1.165) is 20.7 Å². The SMILES string of the molecule is Cc1cc(SCC=C(c2ccc(Br)cc2)c2cc3ccccc3s2)ccc1OCC(=O)O. The molecule has 0 aliphatic carbocycles. The van der Waals surface area contributed by atoms with Gasteiger partial charge in [-0.2, -0.15) is 0 Å². The minimum atomic E-state index is -0.977. The van der Waals surface area contributed by atoms with Gasteiger partial charge in [-0.05, 0) is 71.5 Å². The van der Waals surface area contributed by atoms with Crippen LogP contribution in [0.25, 0.3) is 15.7 Å². The molecule has 3 nitrogen and oxygen atoms in total. The van der Waals surface area contributed by atoms with E-state index in [1.807, 2.05) is 36.5 Å². The Kier molecular flexibility index (Phi) is 7.35. The third kappa shape index (κ3) is 5.63. The number of thiophene rings is 1. The van der Waals surface area contributed by atoms with E-state index in [1.165, 1.54) is 26.1 Å². The highest BCUT2D eigenvalue weighted by Crippen LogP contribution is 2.35. The van der Waals surface area contributed by atoms with Gasteiger partial charge in [0.05, 0.1) is 0 Å². The van der Waals surface area contributed by atoms with Gasteiger partial charge in [0, 0.05) is 24.7 Å². The molecule has 4 aromatic rings. The molecule has 0 saturated heterocycles. The second-order valence-electron chi connectivity index (χ2n) is 7.19. The number of fused-ring (bicyclic) bond motifs is 1. The first-order valence-corrected chi connectivity index (χ1v) is 12.6. The summed E-state index contributed by atoms with van der Waals surface area (Å²) in [5.74, 6) is 0.442. The fourth-order valence-corrected chi connectivity index (χ4v) is 5.60. The van der Waals surface area contributed by atoms with Gasteiger partial charge in [0.15, 0.2) is 6.61 Å². The molecule has 1 N–H and O–H groups in total. The minimum Gasteiger partial charge on any atom is -0.482 e. The van der Waals surface area contributed by atoms with Crippen LogP contribution in [0.4, 0.5) is 0 Å². The zero-order valence-electron chi connectivity index (χ0n) is 17.4. The molecule has 0 aliphatic heterocycles. The standard InChI is InChI=1S/C26H21BrO3S2/c1-17-14-21(10-11-23(17)30-16-26(28)29)31-13-12-22(18-6-8-20(27)9-7-18)25-15-19-4-2-3-5-24(19)32-25/h2-12,14-15H,13,16H2,1H3,(H,28,29). The largest absolute Gasteiger partial charge is 0.482 e. The average Bonchev–Trinajstić information content (AvgIpc) is 3.21. The van der Waals surface area contributed by atoms with Crippen molar-refractivity contribution in [2.24, 2.45) is 0 Å². The molecule has 162 valence electrons. The van der Waals surface area contributed by atoms with Crippen LogP contribution in [0.3, 0.4) is 0 Å². The lowest BCUT2D eigenvalue weighted by atomic mass is 10.0. The Hall–Kier alpha value is -2.54. The lowest BCUT2D eigenvalue weighted by Gasteiger charge is -2.09. The van der Waals surface area contributed by atoms with Crippen molar-refractivity contribution in [1.29, 1.82) is 0 Å². The third-order valence-corrected chi connectivity index (χ3v) is 7.48. The Balaban J connectivity index is 1.56. The normalized spacial score (nSPS) is 11.6. The van der Waals surface area contributed by atoms with Gasteiger partial charge in [0.1, 0.15) is 5.75 Å². The molecule has 0 saturated carbocycles. The lowest BCUT2D eigenvalue weighted by molar-refractivity contribution is -0.139. The minimum absolute atomic E-state index is 0.332.